The maximum atomic E-state index is 12.1. The van der Waals surface area contributed by atoms with Gasteiger partial charge >= 0.3 is 12.2 Å². The maximum absolute atomic E-state index is 12.1. The van der Waals surface area contributed by atoms with Gasteiger partial charge in [0, 0.05) is 125 Å². The number of nitrogens with zero attached hydrogens (tertiary/aromatic N) is 11. The first-order valence-electron chi connectivity index (χ1n) is 32.5. The van der Waals surface area contributed by atoms with E-state index in [1.54, 1.807) is 24.8 Å². The summed E-state index contributed by atoms with van der Waals surface area (Å²) in [6, 6.07) is 63.9. The Labute approximate surface area is 592 Å². The number of carbonyl (C=O) groups excluding carboxylic acids is 2. The van der Waals surface area contributed by atoms with E-state index in [0.29, 0.717) is 89.1 Å². The van der Waals surface area contributed by atoms with Crippen LogP contribution in [0.4, 0.5) is 9.59 Å². The Bertz CT molecular complexity index is 4380. The van der Waals surface area contributed by atoms with Gasteiger partial charge in [-0.2, -0.15) is 25.8 Å². The highest BCUT2D eigenvalue weighted by Crippen LogP contribution is 2.21. The van der Waals surface area contributed by atoms with Crippen LogP contribution in [0.1, 0.15) is 74.9 Å². The van der Waals surface area contributed by atoms with Gasteiger partial charge in [-0.25, -0.2) is 9.59 Å². The molecular weight excluding hydrogens is 1270 g/mol. The number of hydrogen-bond acceptors (Lipinski definition) is 16. The van der Waals surface area contributed by atoms with Gasteiger partial charge in [-0.3, -0.25) is 15.0 Å². The van der Waals surface area contributed by atoms with Crippen LogP contribution in [0.5, 0.6) is 5.75 Å². The number of halogens is 1. The normalized spacial score (nSPS) is 11.2. The van der Waals surface area contributed by atoms with Crippen molar-refractivity contribution in [3.05, 3.63) is 265 Å². The lowest BCUT2D eigenvalue weighted by Gasteiger charge is -2.27. The van der Waals surface area contributed by atoms with Gasteiger partial charge in [-0.1, -0.05) is 164 Å². The maximum Gasteiger partial charge on any atom is 0.407 e. The lowest BCUT2D eigenvalue weighted by molar-refractivity contribution is 0.0515. The molecule has 0 radical (unpaired) electrons. The Morgan fingerprint density at radius 1 is 0.460 bits per heavy atom. The molecule has 0 aliphatic carbocycles. The van der Waals surface area contributed by atoms with Crippen molar-refractivity contribution in [2.24, 2.45) is 20.7 Å². The van der Waals surface area contributed by atoms with Gasteiger partial charge in [-0.05, 0) is 121 Å². The highest BCUT2D eigenvalue weighted by atomic mass is 35.5. The van der Waals surface area contributed by atoms with Gasteiger partial charge in [0.15, 0.2) is 0 Å². The summed E-state index contributed by atoms with van der Waals surface area (Å²) in [6.45, 7) is 16.3. The van der Waals surface area contributed by atoms with Crippen LogP contribution >= 0.6 is 12.4 Å². The minimum atomic E-state index is -0.563. The van der Waals surface area contributed by atoms with Crippen molar-refractivity contribution in [3.63, 3.8) is 0 Å². The molecule has 0 aliphatic rings. The molecule has 0 saturated carbocycles. The van der Waals surface area contributed by atoms with E-state index in [9.17, 15) is 14.9 Å². The van der Waals surface area contributed by atoms with Crippen molar-refractivity contribution in [1.82, 2.24) is 40.7 Å². The van der Waals surface area contributed by atoms with Gasteiger partial charge < -0.3 is 45.7 Å². The Hall–Kier alpha value is -11.6. The molecule has 7 aromatic carbocycles. The van der Waals surface area contributed by atoms with E-state index in [-0.39, 0.29) is 18.5 Å². The molecule has 0 fully saturated rings. The molecule has 3 heterocycles. The molecule has 0 atom stereocenters. The quantitative estimate of drug-likeness (QED) is 0.0225. The highest BCUT2D eigenvalue weighted by molar-refractivity contribution is 5.90. The lowest BCUT2D eigenvalue weighted by Crippen LogP contribution is -2.40. The first kappa shape index (κ1) is 77.4. The number of alkyl carbamates (subject to hydrolysis) is 2. The first-order chi connectivity index (χ1) is 48.0. The smallest absolute Gasteiger partial charge is 0.407 e. The molecule has 0 bridgehead atoms. The van der Waals surface area contributed by atoms with Crippen LogP contribution in [0.25, 0.3) is 32.3 Å². The van der Waals surface area contributed by atoms with Crippen LogP contribution in [-0.2, 0) is 48.4 Å². The fraction of sp³-hybridized carbons (Fsp3) is 0.253. The Kier molecular flexibility index (Phi) is 32.1. The van der Waals surface area contributed by atoms with Crippen molar-refractivity contribution in [2.45, 2.75) is 91.6 Å². The molecule has 0 saturated heterocycles. The number of amides is 2. The van der Waals surface area contributed by atoms with E-state index < -0.39 is 17.3 Å². The predicted molar refractivity (Wildman–Crippen MR) is 399 cm³/mol. The number of rotatable bonds is 21. The fourth-order valence-corrected chi connectivity index (χ4v) is 9.97. The summed E-state index contributed by atoms with van der Waals surface area (Å²) in [5.41, 5.74) is 11.5. The molecule has 2 amide bonds. The minimum Gasteiger partial charge on any atom is -0.444 e. The van der Waals surface area contributed by atoms with E-state index >= 15 is 0 Å². The molecule has 5 N–H and O–H groups in total. The number of nitrogens with one attached hydrogen (secondary N) is 3. The predicted octanol–water partition coefficient (Wildman–Crippen LogP) is 14.3. The number of para-hydroxylation sites is 1. The molecule has 0 aliphatic heterocycles. The lowest BCUT2D eigenvalue weighted by atomic mass is 10.1. The topological polar surface area (TPSA) is 278 Å². The number of nitrogens with two attached hydrogens (primary N) is 1. The van der Waals surface area contributed by atoms with Crippen LogP contribution in [-0.4, -0.2) is 105 Å². The molecule has 10 rings (SSSR count). The highest BCUT2D eigenvalue weighted by Gasteiger charge is 2.20. The van der Waals surface area contributed by atoms with Crippen molar-refractivity contribution in [1.29, 1.82) is 15.8 Å². The van der Waals surface area contributed by atoms with Crippen molar-refractivity contribution < 1.29 is 23.8 Å². The number of benzene rings is 7. The molecule has 21 heteroatoms. The molecule has 0 unspecified atom stereocenters. The van der Waals surface area contributed by atoms with Gasteiger partial charge in [-0.15, -0.1) is 17.4 Å². The van der Waals surface area contributed by atoms with E-state index in [2.05, 4.69) is 99.3 Å². The van der Waals surface area contributed by atoms with Crippen molar-refractivity contribution in [3.8, 4) is 24.3 Å². The summed E-state index contributed by atoms with van der Waals surface area (Å²) in [4.78, 5) is 51.9. The number of ether oxygens (including phenoxy) is 3. The monoisotopic (exact) mass is 1360 g/mol. The van der Waals surface area contributed by atoms with E-state index in [4.69, 9.17) is 30.5 Å². The number of fused-ring (bicyclic) bond motifs is 3. The van der Waals surface area contributed by atoms with Crippen LogP contribution in [0.3, 0.4) is 0 Å². The van der Waals surface area contributed by atoms with Crippen LogP contribution in [0.2, 0.25) is 0 Å². The number of carbonyl (C=O) groups is 2. The standard InChI is InChI=1S/C26H29N5O2.C21H21N5.C18H13N3O.C14H22N2O2.ClH/c1-26(2,3)33-25(32)29-13-14-31(18-20-7-5-4-6-8-20)24(30-19-27)16-21-9-10-23-17-28-12-11-22(23)15-21;22-9-11-26(15-17-4-2-1-3-5-17)21(25-16-23)13-18-6-7-20-14-24-10-8-19(20)12-18;19-13-21-18(22-17-4-2-1-3-5-17)11-14-6-7-16-12-20-9-8-15(16)10-14;1-14(2,3)18-13(17)16-10-9-15-11-12-7-5-4-6-8-12;/h4-12,15,17H,13-14,16,18H2,1-3H3,(H,29,32);1-8,10,12,14H,9,11,13,15,22H2;1-10,12H,11H2;4-8,15H,9-11H2,1-3H3,(H,16,17);1H. The third-order valence-electron chi connectivity index (χ3n) is 14.5. The zero-order chi connectivity index (χ0) is 70.5. The third kappa shape index (κ3) is 28.6. The van der Waals surface area contributed by atoms with Gasteiger partial charge in [0.1, 0.15) is 28.6 Å². The second-order valence-electron chi connectivity index (χ2n) is 24.6. The first-order valence-corrected chi connectivity index (χ1v) is 32.5. The summed E-state index contributed by atoms with van der Waals surface area (Å²) in [7, 11) is 0. The number of nitriles is 3. The summed E-state index contributed by atoms with van der Waals surface area (Å²) in [6.07, 6.45) is 17.2. The van der Waals surface area contributed by atoms with Crippen molar-refractivity contribution >= 4 is 74.5 Å². The Balaban J connectivity index is 0.000000214. The summed E-state index contributed by atoms with van der Waals surface area (Å²) >= 11 is 0. The van der Waals surface area contributed by atoms with Gasteiger partial charge in [0.2, 0.25) is 24.5 Å². The second kappa shape index (κ2) is 41.5. The molecule has 3 aromatic heterocycles. The second-order valence-corrected chi connectivity index (χ2v) is 24.6. The average molecular weight is 1360 g/mol. The molecule has 10 aromatic rings. The third-order valence-corrected chi connectivity index (χ3v) is 14.5. The van der Waals surface area contributed by atoms with Crippen LogP contribution in [0, 0.1) is 34.4 Å². The zero-order valence-electron chi connectivity index (χ0n) is 57.4. The molecule has 514 valence electrons. The van der Waals surface area contributed by atoms with E-state index in [1.807, 2.05) is 223 Å². The average Bonchev–Trinajstić information content (AvgIpc) is 0.850. The molecule has 20 nitrogen and oxygen atoms in total. The number of aliphatic imine (C=N–C) groups is 3. The Morgan fingerprint density at radius 3 is 1.26 bits per heavy atom. The number of aromatic nitrogens is 3. The number of pyridine rings is 3. The summed E-state index contributed by atoms with van der Waals surface area (Å²) < 4.78 is 16.1. The zero-order valence-corrected chi connectivity index (χ0v) is 58.2. The summed E-state index contributed by atoms with van der Waals surface area (Å²) in [5.74, 6) is 2.42. The SMILES string of the molecule is CC(C)(C)OC(=O)NCCN(Cc1ccccc1)C(Cc1ccc2cnccc2c1)=NC#N.CC(C)(C)OC(=O)NCCNCc1ccccc1.Cl.N#CN=C(Cc1ccc2cnccc2c1)N(CCN)Cc1ccccc1.N#CN=C(Cc1ccc2cnccc2c1)Oc1ccccc1. The van der Waals surface area contributed by atoms with Crippen LogP contribution < -0.4 is 26.4 Å². The largest absolute Gasteiger partial charge is 0.444 e. The fourth-order valence-electron chi connectivity index (χ4n) is 9.97. The van der Waals surface area contributed by atoms with E-state index in [0.717, 1.165) is 72.5 Å². The minimum absolute atomic E-state index is 0. The van der Waals surface area contributed by atoms with Gasteiger partial charge in [0.05, 0.1) is 6.42 Å². The number of amidine groups is 2. The van der Waals surface area contributed by atoms with Crippen molar-refractivity contribution in [2.75, 3.05) is 39.3 Å². The van der Waals surface area contributed by atoms with Crippen LogP contribution in [0.15, 0.2) is 246 Å². The summed E-state index contributed by atoms with van der Waals surface area (Å²) in [5, 5.41) is 42.7. The Morgan fingerprint density at radius 2 is 0.850 bits per heavy atom. The van der Waals surface area contributed by atoms with E-state index in [1.165, 1.54) is 5.56 Å². The number of hydrogen-bond donors (Lipinski definition) is 4. The van der Waals surface area contributed by atoms with Gasteiger partial charge in [0.25, 0.3) is 0 Å². The molecule has 0 spiro atoms. The molecular formula is C79H86ClN15O5. The molecule has 100 heavy (non-hydrogen) atoms.